The van der Waals surface area contributed by atoms with Gasteiger partial charge < -0.3 is 14.8 Å². The molecule has 3 aromatic rings. The Morgan fingerprint density at radius 1 is 1.09 bits per heavy atom. The fourth-order valence-electron chi connectivity index (χ4n) is 3.79. The van der Waals surface area contributed by atoms with E-state index in [2.05, 4.69) is 10.3 Å². The summed E-state index contributed by atoms with van der Waals surface area (Å²) >= 11 is 1.31. The Morgan fingerprint density at radius 3 is 2.48 bits per heavy atom. The van der Waals surface area contributed by atoms with Crippen molar-refractivity contribution in [2.75, 3.05) is 44.1 Å². The molecule has 1 atom stereocenters. The zero-order valence-electron chi connectivity index (χ0n) is 18.4. The van der Waals surface area contributed by atoms with Crippen LogP contribution in [0.3, 0.4) is 0 Å². The Labute approximate surface area is 197 Å². The van der Waals surface area contributed by atoms with Crippen LogP contribution in [0.25, 0.3) is 11.3 Å². The summed E-state index contributed by atoms with van der Waals surface area (Å²) in [5, 5.41) is 5.21. The van der Waals surface area contributed by atoms with Crippen molar-refractivity contribution in [2.45, 2.75) is 6.04 Å². The molecule has 8 nitrogen and oxygen atoms in total. The fraction of sp³-hybridized carbons (Fsp3) is 0.304. The van der Waals surface area contributed by atoms with Crippen LogP contribution >= 0.6 is 11.3 Å². The van der Waals surface area contributed by atoms with Gasteiger partial charge in [-0.05, 0) is 23.8 Å². The number of benzene rings is 2. The predicted molar refractivity (Wildman–Crippen MR) is 129 cm³/mol. The van der Waals surface area contributed by atoms with Gasteiger partial charge in [-0.2, -0.15) is 0 Å². The minimum atomic E-state index is -3.06. The van der Waals surface area contributed by atoms with Crippen LogP contribution in [0.5, 0.6) is 11.5 Å². The number of hydrogen-bond donors (Lipinski definition) is 1. The van der Waals surface area contributed by atoms with Crippen molar-refractivity contribution in [3.63, 3.8) is 0 Å². The molecule has 4 rings (SSSR count). The first-order valence-electron chi connectivity index (χ1n) is 10.4. The Hall–Kier alpha value is -2.95. The first-order valence-corrected chi connectivity index (χ1v) is 13.1. The average molecular weight is 488 g/mol. The quantitative estimate of drug-likeness (QED) is 0.546. The number of thiazole rings is 1. The highest BCUT2D eigenvalue weighted by atomic mass is 32.2. The van der Waals surface area contributed by atoms with Crippen LogP contribution in [0.1, 0.15) is 11.6 Å². The molecular formula is C23H25N3O5S2. The van der Waals surface area contributed by atoms with Gasteiger partial charge in [0.15, 0.2) is 15.0 Å². The van der Waals surface area contributed by atoms with E-state index in [1.807, 2.05) is 52.7 Å². The van der Waals surface area contributed by atoms with Gasteiger partial charge >= 0.3 is 0 Å². The van der Waals surface area contributed by atoms with Crippen molar-refractivity contribution in [2.24, 2.45) is 0 Å². The van der Waals surface area contributed by atoms with Gasteiger partial charge in [-0.15, -0.1) is 11.3 Å². The van der Waals surface area contributed by atoms with Crippen LogP contribution in [-0.2, 0) is 14.6 Å². The number of carbonyl (C=O) groups excluding carboxylic acids is 1. The molecule has 0 spiro atoms. The maximum atomic E-state index is 13.4. The maximum absolute atomic E-state index is 13.4. The molecule has 1 fully saturated rings. The molecule has 10 heteroatoms. The van der Waals surface area contributed by atoms with Crippen molar-refractivity contribution >= 4 is 32.2 Å². The number of carbonyl (C=O) groups is 1. The van der Waals surface area contributed by atoms with E-state index < -0.39 is 15.9 Å². The van der Waals surface area contributed by atoms with Crippen molar-refractivity contribution in [3.05, 3.63) is 59.5 Å². The number of nitrogens with zero attached hydrogens (tertiary/aromatic N) is 2. The van der Waals surface area contributed by atoms with Gasteiger partial charge in [0.25, 0.3) is 0 Å². The molecule has 0 radical (unpaired) electrons. The van der Waals surface area contributed by atoms with Gasteiger partial charge in [0.05, 0.1) is 31.4 Å². The monoisotopic (exact) mass is 487 g/mol. The first kappa shape index (κ1) is 23.2. The van der Waals surface area contributed by atoms with Gasteiger partial charge in [-0.25, -0.2) is 13.4 Å². The van der Waals surface area contributed by atoms with Gasteiger partial charge in [0.2, 0.25) is 5.91 Å². The molecule has 33 heavy (non-hydrogen) atoms. The molecule has 2 heterocycles. The van der Waals surface area contributed by atoms with Crippen LogP contribution in [0, 0.1) is 0 Å². The van der Waals surface area contributed by atoms with Crippen molar-refractivity contribution in [1.82, 2.24) is 9.88 Å². The standard InChI is InChI=1S/C23H25N3O5S2/c1-30-17-8-9-20(31-2)18(14-17)19-15-32-23(24-19)25-22(27)21(16-6-4-3-5-7-16)26-10-12-33(28,29)13-11-26/h3-9,14-15,21H,10-13H2,1-2H3,(H,24,25,27). The number of hydrogen-bond acceptors (Lipinski definition) is 8. The molecule has 1 aromatic heterocycles. The Balaban J connectivity index is 1.58. The van der Waals surface area contributed by atoms with Gasteiger partial charge in [-0.3, -0.25) is 9.69 Å². The maximum Gasteiger partial charge on any atom is 0.248 e. The molecule has 1 N–H and O–H groups in total. The minimum absolute atomic E-state index is 0.0423. The van der Waals surface area contributed by atoms with Crippen molar-refractivity contribution in [1.29, 1.82) is 0 Å². The average Bonchev–Trinajstić information content (AvgIpc) is 3.28. The van der Waals surface area contributed by atoms with E-state index in [-0.39, 0.29) is 17.4 Å². The van der Waals surface area contributed by atoms with Crippen LogP contribution in [-0.4, -0.2) is 63.0 Å². The lowest BCUT2D eigenvalue weighted by atomic mass is 10.0. The highest BCUT2D eigenvalue weighted by Gasteiger charge is 2.33. The topological polar surface area (TPSA) is 97.8 Å². The summed E-state index contributed by atoms with van der Waals surface area (Å²) in [4.78, 5) is 19.9. The molecule has 1 unspecified atom stereocenters. The highest BCUT2D eigenvalue weighted by Crippen LogP contribution is 2.35. The molecule has 1 amide bonds. The number of sulfone groups is 1. The summed E-state index contributed by atoms with van der Waals surface area (Å²) in [7, 11) is 0.117. The molecule has 174 valence electrons. The number of methoxy groups -OCH3 is 2. The Bertz CT molecular complexity index is 1210. The number of nitrogens with one attached hydrogen (secondary N) is 1. The van der Waals surface area contributed by atoms with Gasteiger partial charge in [-0.1, -0.05) is 30.3 Å². The van der Waals surface area contributed by atoms with E-state index in [1.165, 1.54) is 11.3 Å². The van der Waals surface area contributed by atoms with E-state index in [1.54, 1.807) is 20.3 Å². The summed E-state index contributed by atoms with van der Waals surface area (Å²) in [6.07, 6.45) is 0. The zero-order valence-corrected chi connectivity index (χ0v) is 20.0. The highest BCUT2D eigenvalue weighted by molar-refractivity contribution is 7.91. The van der Waals surface area contributed by atoms with E-state index in [4.69, 9.17) is 9.47 Å². The van der Waals surface area contributed by atoms with Crippen LogP contribution in [0.15, 0.2) is 53.9 Å². The predicted octanol–water partition coefficient (Wildman–Crippen LogP) is 3.24. The number of rotatable bonds is 7. The molecular weight excluding hydrogens is 462 g/mol. The summed E-state index contributed by atoms with van der Waals surface area (Å²) < 4.78 is 34.6. The summed E-state index contributed by atoms with van der Waals surface area (Å²) in [5.41, 5.74) is 2.22. The van der Waals surface area contributed by atoms with E-state index in [0.29, 0.717) is 35.4 Å². The summed E-state index contributed by atoms with van der Waals surface area (Å²) in [6, 6.07) is 14.2. The number of amides is 1. The second-order valence-corrected chi connectivity index (χ2v) is 10.8. The molecule has 1 aliphatic rings. The normalized spacial score (nSPS) is 16.7. The summed E-state index contributed by atoms with van der Waals surface area (Å²) in [5.74, 6) is 1.16. The van der Waals surface area contributed by atoms with Crippen molar-refractivity contribution < 1.29 is 22.7 Å². The number of ether oxygens (including phenoxy) is 2. The van der Waals surface area contributed by atoms with Crippen LogP contribution < -0.4 is 14.8 Å². The third-order valence-electron chi connectivity index (χ3n) is 5.52. The molecule has 1 aliphatic heterocycles. The minimum Gasteiger partial charge on any atom is -0.497 e. The van der Waals surface area contributed by atoms with Crippen molar-refractivity contribution in [3.8, 4) is 22.8 Å². The lowest BCUT2D eigenvalue weighted by Crippen LogP contribution is -2.46. The Morgan fingerprint density at radius 2 is 1.82 bits per heavy atom. The third-order valence-corrected chi connectivity index (χ3v) is 7.89. The number of anilines is 1. The van der Waals surface area contributed by atoms with E-state index in [0.717, 1.165) is 11.1 Å². The molecule has 1 saturated heterocycles. The second-order valence-electron chi connectivity index (χ2n) is 7.59. The molecule has 0 saturated carbocycles. The molecule has 2 aromatic carbocycles. The Kier molecular flexibility index (Phi) is 6.96. The van der Waals surface area contributed by atoms with E-state index >= 15 is 0 Å². The van der Waals surface area contributed by atoms with E-state index in [9.17, 15) is 13.2 Å². The smallest absolute Gasteiger partial charge is 0.248 e. The SMILES string of the molecule is COc1ccc(OC)c(-c2csc(NC(=O)C(c3ccccc3)N3CCS(=O)(=O)CC3)n2)c1. The number of aromatic nitrogens is 1. The van der Waals surface area contributed by atoms with Gasteiger partial charge in [0.1, 0.15) is 17.5 Å². The van der Waals surface area contributed by atoms with Crippen LogP contribution in [0.2, 0.25) is 0 Å². The van der Waals surface area contributed by atoms with Crippen LogP contribution in [0.4, 0.5) is 5.13 Å². The fourth-order valence-corrected chi connectivity index (χ4v) is 5.73. The largest absolute Gasteiger partial charge is 0.497 e. The lowest BCUT2D eigenvalue weighted by molar-refractivity contribution is -0.121. The first-order chi connectivity index (χ1) is 15.9. The zero-order chi connectivity index (χ0) is 23.4. The lowest BCUT2D eigenvalue weighted by Gasteiger charge is -2.33. The third kappa shape index (κ3) is 5.35. The van der Waals surface area contributed by atoms with Gasteiger partial charge in [0, 0.05) is 24.0 Å². The summed E-state index contributed by atoms with van der Waals surface area (Å²) in [6.45, 7) is 0.610. The second kappa shape index (κ2) is 9.90. The molecule has 0 aliphatic carbocycles. The molecule has 0 bridgehead atoms.